The molecule has 0 rings (SSSR count). The zero-order chi connectivity index (χ0) is 6.99. The Kier molecular flexibility index (Phi) is 14.6. The molecule has 0 radical (unpaired) electrons. The van der Waals surface area contributed by atoms with Crippen molar-refractivity contribution in [1.29, 1.82) is 0 Å². The van der Waals surface area contributed by atoms with Crippen LogP contribution in [-0.4, -0.2) is 31.7 Å². The fourth-order valence-electron chi connectivity index (χ4n) is 0. The molecule has 1 nitrogen and oxygen atoms in total. The molecule has 52 valence electrons. The van der Waals surface area contributed by atoms with Crippen LogP contribution in [-0.2, 0) is 0 Å². The van der Waals surface area contributed by atoms with Gasteiger partial charge in [0, 0.05) is 6.61 Å². The van der Waals surface area contributed by atoms with Crippen molar-refractivity contribution in [3.8, 4) is 0 Å². The van der Waals surface area contributed by atoms with Gasteiger partial charge in [0.05, 0.1) is 0 Å². The van der Waals surface area contributed by atoms with Gasteiger partial charge >= 0.3 is 0 Å². The molecule has 0 aliphatic carbocycles. The molecule has 0 amide bonds. The van der Waals surface area contributed by atoms with E-state index in [0.29, 0.717) is 14.5 Å². The Labute approximate surface area is 53.9 Å². The summed E-state index contributed by atoms with van der Waals surface area (Å²) in [6.07, 6.45) is 0.875. The van der Waals surface area contributed by atoms with Crippen molar-refractivity contribution in [1.82, 2.24) is 0 Å². The van der Waals surface area contributed by atoms with E-state index in [9.17, 15) is 0 Å². The van der Waals surface area contributed by atoms with Crippen LogP contribution in [0.5, 0.6) is 0 Å². The maximum Gasteiger partial charge on any atom is 0.0428 e. The Bertz CT molecular complexity index is 25.0. The van der Waals surface area contributed by atoms with Crippen LogP contribution in [0.1, 0.15) is 13.3 Å². The normalized spacial score (nSPS) is 8.25. The lowest BCUT2D eigenvalue weighted by Crippen LogP contribution is -1.69. The molecule has 0 aromatic heterocycles. The third-order valence-electron chi connectivity index (χ3n) is 0.224. The van der Waals surface area contributed by atoms with E-state index in [0.717, 1.165) is 6.42 Å². The zero-order valence-corrected chi connectivity index (χ0v) is 7.20. The van der Waals surface area contributed by atoms with E-state index in [-0.39, 0.29) is 0 Å². The van der Waals surface area contributed by atoms with Crippen LogP contribution in [0.3, 0.4) is 0 Å². The first-order valence-electron chi connectivity index (χ1n) is 2.86. The second-order valence-corrected chi connectivity index (χ2v) is 4.75. The van der Waals surface area contributed by atoms with Crippen LogP contribution in [0, 0.1) is 0 Å². The van der Waals surface area contributed by atoms with Crippen LogP contribution in [0.15, 0.2) is 0 Å². The van der Waals surface area contributed by atoms with Crippen LogP contribution in [0.25, 0.3) is 0 Å². The van der Waals surface area contributed by atoms with Crippen LogP contribution < -0.4 is 0 Å². The number of rotatable bonds is 1. The summed E-state index contributed by atoms with van der Waals surface area (Å²) in [5.41, 5.74) is 0. The van der Waals surface area contributed by atoms with Gasteiger partial charge in [0.25, 0.3) is 0 Å². The molecule has 0 bridgehead atoms. The highest BCUT2D eigenvalue weighted by atomic mass is 31.1. The van der Waals surface area contributed by atoms with Crippen molar-refractivity contribution in [2.75, 3.05) is 26.6 Å². The SMILES string of the molecule is CCCO.CP(C)C. The molecule has 8 heavy (non-hydrogen) atoms. The Morgan fingerprint density at radius 2 is 1.38 bits per heavy atom. The average Bonchev–Trinajstić information content (AvgIpc) is 1.65. The van der Waals surface area contributed by atoms with Gasteiger partial charge in [-0.2, -0.15) is 0 Å². The van der Waals surface area contributed by atoms with Crippen molar-refractivity contribution in [3.05, 3.63) is 0 Å². The molecule has 0 heterocycles. The Morgan fingerprint density at radius 1 is 1.25 bits per heavy atom. The maximum absolute atomic E-state index is 7.88. The first kappa shape index (κ1) is 11.2. The summed E-state index contributed by atoms with van der Waals surface area (Å²) < 4.78 is 0. The standard InChI is InChI=1S/C3H8O.C3H9P/c1-2-3-4;1-4(2)3/h4H,2-3H2,1H3;1-3H3. The van der Waals surface area contributed by atoms with Crippen LogP contribution in [0.4, 0.5) is 0 Å². The molecular formula is C6H17OP. The van der Waals surface area contributed by atoms with Gasteiger partial charge < -0.3 is 5.11 Å². The Morgan fingerprint density at radius 3 is 1.38 bits per heavy atom. The van der Waals surface area contributed by atoms with Gasteiger partial charge in [-0.25, -0.2) is 0 Å². The highest BCUT2D eigenvalue weighted by molar-refractivity contribution is 7.55. The lowest BCUT2D eigenvalue weighted by molar-refractivity contribution is 0.295. The monoisotopic (exact) mass is 136 g/mol. The minimum Gasteiger partial charge on any atom is -0.396 e. The van der Waals surface area contributed by atoms with Crippen molar-refractivity contribution in [3.63, 3.8) is 0 Å². The van der Waals surface area contributed by atoms with Gasteiger partial charge in [-0.1, -0.05) is 6.92 Å². The Balaban J connectivity index is 0. The summed E-state index contributed by atoms with van der Waals surface area (Å²) in [6.45, 7) is 8.94. The van der Waals surface area contributed by atoms with Crippen LogP contribution >= 0.6 is 7.92 Å². The molecule has 0 fully saturated rings. The summed E-state index contributed by atoms with van der Waals surface area (Å²) >= 11 is 0. The van der Waals surface area contributed by atoms with Crippen molar-refractivity contribution in [2.45, 2.75) is 13.3 Å². The average molecular weight is 136 g/mol. The number of aliphatic hydroxyl groups is 1. The fourth-order valence-corrected chi connectivity index (χ4v) is 0. The quantitative estimate of drug-likeness (QED) is 0.544. The van der Waals surface area contributed by atoms with Crippen molar-refractivity contribution < 1.29 is 5.11 Å². The summed E-state index contributed by atoms with van der Waals surface area (Å²) in [6, 6.07) is 0. The molecule has 0 spiro atoms. The second kappa shape index (κ2) is 10.4. The van der Waals surface area contributed by atoms with Gasteiger partial charge in [-0.05, 0) is 26.4 Å². The van der Waals surface area contributed by atoms with E-state index in [1.54, 1.807) is 0 Å². The molecule has 2 heteroatoms. The highest BCUT2D eigenvalue weighted by Gasteiger charge is 1.65. The molecule has 0 aromatic carbocycles. The number of hydrogen-bond donors (Lipinski definition) is 1. The predicted octanol–water partition coefficient (Wildman–Crippen LogP) is 1.75. The molecule has 0 aromatic rings. The van der Waals surface area contributed by atoms with Crippen LogP contribution in [0.2, 0.25) is 0 Å². The van der Waals surface area contributed by atoms with E-state index in [1.807, 2.05) is 6.92 Å². The van der Waals surface area contributed by atoms with E-state index in [4.69, 9.17) is 5.11 Å². The van der Waals surface area contributed by atoms with E-state index >= 15 is 0 Å². The summed E-state index contributed by atoms with van der Waals surface area (Å²) in [7, 11) is 0.380. The Hall–Kier alpha value is 0.390. The summed E-state index contributed by atoms with van der Waals surface area (Å²) in [4.78, 5) is 0. The minimum absolute atomic E-state index is 0.319. The molecule has 0 aliphatic rings. The number of aliphatic hydroxyl groups excluding tert-OH is 1. The summed E-state index contributed by atoms with van der Waals surface area (Å²) in [5, 5.41) is 7.88. The smallest absolute Gasteiger partial charge is 0.0428 e. The molecule has 1 N–H and O–H groups in total. The largest absolute Gasteiger partial charge is 0.396 e. The molecule has 0 unspecified atom stereocenters. The lowest BCUT2D eigenvalue weighted by atomic mass is 10.5. The topological polar surface area (TPSA) is 20.2 Å². The fraction of sp³-hybridized carbons (Fsp3) is 1.00. The first-order chi connectivity index (χ1) is 3.65. The molecule has 0 saturated heterocycles. The second-order valence-electron chi connectivity index (χ2n) is 2.07. The van der Waals surface area contributed by atoms with Gasteiger partial charge in [-0.15, -0.1) is 7.92 Å². The molecule has 0 aliphatic heterocycles. The molecule has 0 atom stereocenters. The first-order valence-corrected chi connectivity index (χ1v) is 5.55. The van der Waals surface area contributed by atoms with Crippen molar-refractivity contribution >= 4 is 7.92 Å². The third kappa shape index (κ3) is 96.1. The lowest BCUT2D eigenvalue weighted by Gasteiger charge is -1.81. The highest BCUT2D eigenvalue weighted by Crippen LogP contribution is 2.14. The van der Waals surface area contributed by atoms with Gasteiger partial charge in [0.2, 0.25) is 0 Å². The van der Waals surface area contributed by atoms with E-state index in [1.165, 1.54) is 0 Å². The van der Waals surface area contributed by atoms with Gasteiger partial charge in [0.1, 0.15) is 0 Å². The summed E-state index contributed by atoms with van der Waals surface area (Å²) in [5.74, 6) is 0. The van der Waals surface area contributed by atoms with Gasteiger partial charge in [0.15, 0.2) is 0 Å². The van der Waals surface area contributed by atoms with Crippen molar-refractivity contribution in [2.24, 2.45) is 0 Å². The molecule has 0 saturated carbocycles. The third-order valence-corrected chi connectivity index (χ3v) is 0.224. The number of hydrogen-bond acceptors (Lipinski definition) is 1. The zero-order valence-electron chi connectivity index (χ0n) is 6.31. The minimum atomic E-state index is 0.319. The van der Waals surface area contributed by atoms with E-state index in [2.05, 4.69) is 20.0 Å². The van der Waals surface area contributed by atoms with Gasteiger partial charge in [-0.3, -0.25) is 0 Å². The van der Waals surface area contributed by atoms with E-state index < -0.39 is 0 Å². The maximum atomic E-state index is 7.88. The predicted molar refractivity (Wildman–Crippen MR) is 42.1 cm³/mol. The molecular weight excluding hydrogens is 119 g/mol.